The molecule has 0 bridgehead atoms. The number of carbonyl (C=O) groups excluding carboxylic acids is 1. The average Bonchev–Trinajstić information content (AvgIpc) is 2.40. The van der Waals surface area contributed by atoms with E-state index in [2.05, 4.69) is 10.6 Å². The second-order valence-electron chi connectivity index (χ2n) is 4.74. The van der Waals surface area contributed by atoms with Crippen LogP contribution in [0.5, 0.6) is 0 Å². The Morgan fingerprint density at radius 2 is 2.28 bits per heavy atom. The standard InChI is InChI=1S/C14H20N2O2/c1-10-3-4-12(7-11(10)2)14(17)16-8-13-9-18-6-5-15-13/h3-4,7,13,15H,5-6,8-9H2,1-2H3,(H,16,17). The van der Waals surface area contributed by atoms with Crippen molar-refractivity contribution in [2.45, 2.75) is 19.9 Å². The van der Waals surface area contributed by atoms with Gasteiger partial charge in [0.25, 0.3) is 5.91 Å². The Balaban J connectivity index is 1.88. The van der Waals surface area contributed by atoms with Crippen molar-refractivity contribution >= 4 is 5.91 Å². The van der Waals surface area contributed by atoms with Crippen LogP contribution < -0.4 is 10.6 Å². The molecule has 98 valence electrons. The molecule has 0 radical (unpaired) electrons. The van der Waals surface area contributed by atoms with Gasteiger partial charge in [0.05, 0.1) is 13.2 Å². The molecule has 0 spiro atoms. The van der Waals surface area contributed by atoms with E-state index in [1.165, 1.54) is 5.56 Å². The van der Waals surface area contributed by atoms with E-state index < -0.39 is 0 Å². The summed E-state index contributed by atoms with van der Waals surface area (Å²) in [6, 6.07) is 5.98. The highest BCUT2D eigenvalue weighted by Gasteiger charge is 2.14. The van der Waals surface area contributed by atoms with Crippen LogP contribution in [-0.4, -0.2) is 38.3 Å². The summed E-state index contributed by atoms with van der Waals surface area (Å²) in [6.45, 7) is 6.92. The molecule has 4 nitrogen and oxygen atoms in total. The predicted octanol–water partition coefficient (Wildman–Crippen LogP) is 1.02. The van der Waals surface area contributed by atoms with Crippen molar-refractivity contribution < 1.29 is 9.53 Å². The van der Waals surface area contributed by atoms with E-state index >= 15 is 0 Å². The zero-order valence-electron chi connectivity index (χ0n) is 11.0. The van der Waals surface area contributed by atoms with Gasteiger partial charge in [-0.1, -0.05) is 6.07 Å². The number of aryl methyl sites for hydroxylation is 2. The molecule has 1 heterocycles. The van der Waals surface area contributed by atoms with Gasteiger partial charge >= 0.3 is 0 Å². The molecule has 0 saturated carbocycles. The molecule has 18 heavy (non-hydrogen) atoms. The predicted molar refractivity (Wildman–Crippen MR) is 70.9 cm³/mol. The molecular formula is C14H20N2O2. The van der Waals surface area contributed by atoms with Gasteiger partial charge in [0.2, 0.25) is 0 Å². The van der Waals surface area contributed by atoms with Crippen LogP contribution in [0.3, 0.4) is 0 Å². The van der Waals surface area contributed by atoms with Crippen molar-refractivity contribution in [2.75, 3.05) is 26.3 Å². The van der Waals surface area contributed by atoms with E-state index in [0.717, 1.165) is 24.3 Å². The number of benzene rings is 1. The topological polar surface area (TPSA) is 50.4 Å². The van der Waals surface area contributed by atoms with Crippen LogP contribution in [0.2, 0.25) is 0 Å². The minimum absolute atomic E-state index is 0.0227. The third kappa shape index (κ3) is 3.31. The van der Waals surface area contributed by atoms with Crippen LogP contribution in [0.4, 0.5) is 0 Å². The number of ether oxygens (including phenoxy) is 1. The number of nitrogens with one attached hydrogen (secondary N) is 2. The van der Waals surface area contributed by atoms with E-state index in [1.807, 2.05) is 32.0 Å². The molecule has 1 aliphatic heterocycles. The number of morpholine rings is 1. The zero-order valence-corrected chi connectivity index (χ0v) is 11.0. The molecule has 2 N–H and O–H groups in total. The van der Waals surface area contributed by atoms with Gasteiger partial charge in [0, 0.05) is 24.7 Å². The van der Waals surface area contributed by atoms with Gasteiger partial charge < -0.3 is 15.4 Å². The second-order valence-corrected chi connectivity index (χ2v) is 4.74. The van der Waals surface area contributed by atoms with Crippen LogP contribution in [0, 0.1) is 13.8 Å². The van der Waals surface area contributed by atoms with Gasteiger partial charge in [0.1, 0.15) is 0 Å². The first kappa shape index (κ1) is 13.1. The largest absolute Gasteiger partial charge is 0.378 e. The summed E-state index contributed by atoms with van der Waals surface area (Å²) >= 11 is 0. The van der Waals surface area contributed by atoms with Crippen LogP contribution >= 0.6 is 0 Å². The Labute approximate surface area is 108 Å². The van der Waals surface area contributed by atoms with E-state index in [9.17, 15) is 4.79 Å². The zero-order chi connectivity index (χ0) is 13.0. The Morgan fingerprint density at radius 1 is 1.44 bits per heavy atom. The molecule has 1 unspecified atom stereocenters. The fraction of sp³-hybridized carbons (Fsp3) is 0.500. The number of hydrogen-bond acceptors (Lipinski definition) is 3. The molecule has 1 aliphatic rings. The molecule has 1 aromatic carbocycles. The minimum Gasteiger partial charge on any atom is -0.378 e. The van der Waals surface area contributed by atoms with Crippen molar-refractivity contribution in [3.63, 3.8) is 0 Å². The molecular weight excluding hydrogens is 228 g/mol. The minimum atomic E-state index is -0.0227. The lowest BCUT2D eigenvalue weighted by atomic mass is 10.1. The Bertz CT molecular complexity index is 426. The average molecular weight is 248 g/mol. The summed E-state index contributed by atoms with van der Waals surface area (Å²) in [5, 5.41) is 6.24. The van der Waals surface area contributed by atoms with E-state index in [0.29, 0.717) is 13.2 Å². The molecule has 4 heteroatoms. The summed E-state index contributed by atoms with van der Waals surface area (Å²) in [4.78, 5) is 12.0. The summed E-state index contributed by atoms with van der Waals surface area (Å²) in [6.07, 6.45) is 0. The van der Waals surface area contributed by atoms with Gasteiger partial charge in [-0.05, 0) is 37.1 Å². The lowest BCUT2D eigenvalue weighted by Crippen LogP contribution is -2.48. The SMILES string of the molecule is Cc1ccc(C(=O)NCC2COCCN2)cc1C. The quantitative estimate of drug-likeness (QED) is 0.839. The van der Waals surface area contributed by atoms with Gasteiger partial charge in [0.15, 0.2) is 0 Å². The molecule has 0 aromatic heterocycles. The maximum absolute atomic E-state index is 12.0. The van der Waals surface area contributed by atoms with E-state index in [-0.39, 0.29) is 11.9 Å². The monoisotopic (exact) mass is 248 g/mol. The highest BCUT2D eigenvalue weighted by molar-refractivity contribution is 5.94. The fourth-order valence-corrected chi connectivity index (χ4v) is 1.95. The van der Waals surface area contributed by atoms with Crippen molar-refractivity contribution in [3.8, 4) is 0 Å². The van der Waals surface area contributed by atoms with Crippen LogP contribution in [0.15, 0.2) is 18.2 Å². The summed E-state index contributed by atoms with van der Waals surface area (Å²) in [7, 11) is 0. The van der Waals surface area contributed by atoms with Gasteiger partial charge in [-0.3, -0.25) is 4.79 Å². The second kappa shape index (κ2) is 5.98. The van der Waals surface area contributed by atoms with Crippen LogP contribution in [-0.2, 0) is 4.74 Å². The molecule has 1 fully saturated rings. The normalized spacial score (nSPS) is 19.6. The highest BCUT2D eigenvalue weighted by atomic mass is 16.5. The van der Waals surface area contributed by atoms with E-state index in [1.54, 1.807) is 0 Å². The van der Waals surface area contributed by atoms with Gasteiger partial charge in [-0.2, -0.15) is 0 Å². The number of amides is 1. The third-order valence-corrected chi connectivity index (χ3v) is 3.28. The van der Waals surface area contributed by atoms with Gasteiger partial charge in [-0.15, -0.1) is 0 Å². The molecule has 1 atom stereocenters. The number of hydrogen-bond donors (Lipinski definition) is 2. The molecule has 2 rings (SSSR count). The van der Waals surface area contributed by atoms with E-state index in [4.69, 9.17) is 4.74 Å². The molecule has 0 aliphatic carbocycles. The van der Waals surface area contributed by atoms with Gasteiger partial charge in [-0.25, -0.2) is 0 Å². The first-order chi connectivity index (χ1) is 8.66. The first-order valence-electron chi connectivity index (χ1n) is 6.33. The summed E-state index contributed by atoms with van der Waals surface area (Å²) in [5.74, 6) is -0.0227. The Morgan fingerprint density at radius 3 is 2.94 bits per heavy atom. The smallest absolute Gasteiger partial charge is 0.251 e. The number of rotatable bonds is 3. The lowest BCUT2D eigenvalue weighted by Gasteiger charge is -2.23. The fourth-order valence-electron chi connectivity index (χ4n) is 1.95. The van der Waals surface area contributed by atoms with Crippen molar-refractivity contribution in [3.05, 3.63) is 34.9 Å². The molecule has 1 amide bonds. The Hall–Kier alpha value is -1.39. The van der Waals surface area contributed by atoms with Crippen molar-refractivity contribution in [2.24, 2.45) is 0 Å². The van der Waals surface area contributed by atoms with Crippen LogP contribution in [0.1, 0.15) is 21.5 Å². The maximum Gasteiger partial charge on any atom is 0.251 e. The Kier molecular flexibility index (Phi) is 4.33. The highest BCUT2D eigenvalue weighted by Crippen LogP contribution is 2.09. The van der Waals surface area contributed by atoms with Crippen molar-refractivity contribution in [1.82, 2.24) is 10.6 Å². The van der Waals surface area contributed by atoms with Crippen molar-refractivity contribution in [1.29, 1.82) is 0 Å². The third-order valence-electron chi connectivity index (χ3n) is 3.28. The summed E-state index contributed by atoms with van der Waals surface area (Å²) in [5.41, 5.74) is 3.06. The molecule has 1 saturated heterocycles. The summed E-state index contributed by atoms with van der Waals surface area (Å²) < 4.78 is 5.34. The first-order valence-corrected chi connectivity index (χ1v) is 6.33. The van der Waals surface area contributed by atoms with Crippen LogP contribution in [0.25, 0.3) is 0 Å². The maximum atomic E-state index is 12.0. The lowest BCUT2D eigenvalue weighted by molar-refractivity contribution is 0.0734. The number of carbonyl (C=O) groups is 1. The molecule has 1 aromatic rings.